The van der Waals surface area contributed by atoms with Crippen LogP contribution in [0.25, 0.3) is 0 Å². The summed E-state index contributed by atoms with van der Waals surface area (Å²) in [5.41, 5.74) is 2.87. The summed E-state index contributed by atoms with van der Waals surface area (Å²) in [5, 5.41) is 0. The van der Waals surface area contributed by atoms with E-state index >= 15 is 0 Å². The maximum atomic E-state index is 13.8. The minimum Gasteiger partial charge on any atom is -0.497 e. The van der Waals surface area contributed by atoms with Crippen LogP contribution in [0.3, 0.4) is 0 Å². The van der Waals surface area contributed by atoms with Crippen LogP contribution in [-0.4, -0.2) is 90.2 Å². The molecule has 0 atom stereocenters. The van der Waals surface area contributed by atoms with Crippen molar-refractivity contribution in [2.75, 3.05) is 53.0 Å². The van der Waals surface area contributed by atoms with Crippen LogP contribution in [0.4, 0.5) is 0 Å². The number of benzene rings is 2. The summed E-state index contributed by atoms with van der Waals surface area (Å²) in [5.74, 6) is 0.553. The number of hydrogen-bond acceptors (Lipinski definition) is 5. The van der Waals surface area contributed by atoms with Crippen LogP contribution in [-0.2, 0) is 22.6 Å². The van der Waals surface area contributed by atoms with Gasteiger partial charge in [-0.05, 0) is 54.8 Å². The molecule has 2 fully saturated rings. The van der Waals surface area contributed by atoms with Gasteiger partial charge in [0.25, 0.3) is 5.91 Å². The molecule has 2 heterocycles. The minimum atomic E-state index is -0.137. The molecule has 2 aliphatic rings. The van der Waals surface area contributed by atoms with Crippen molar-refractivity contribution < 1.29 is 19.1 Å². The van der Waals surface area contributed by atoms with Crippen molar-refractivity contribution in [3.63, 3.8) is 0 Å². The lowest BCUT2D eigenvalue weighted by atomic mass is 10.2. The fourth-order valence-corrected chi connectivity index (χ4v) is 5.02. The highest BCUT2D eigenvalue weighted by atomic mass is 16.5. The van der Waals surface area contributed by atoms with Crippen molar-refractivity contribution in [3.8, 4) is 5.75 Å². The molecule has 0 bridgehead atoms. The van der Waals surface area contributed by atoms with Gasteiger partial charge in [-0.1, -0.05) is 30.3 Å². The third kappa shape index (κ3) is 7.28. The molecule has 0 N–H and O–H groups in total. The molecule has 0 spiro atoms. The van der Waals surface area contributed by atoms with Crippen molar-refractivity contribution in [2.24, 2.45) is 0 Å². The monoisotopic (exact) mass is 530 g/mol. The fraction of sp³-hybridized carbons (Fsp3) is 0.419. The summed E-state index contributed by atoms with van der Waals surface area (Å²) in [6.45, 7) is 5.63. The van der Waals surface area contributed by atoms with Gasteiger partial charge < -0.3 is 23.8 Å². The van der Waals surface area contributed by atoms with Crippen molar-refractivity contribution in [1.82, 2.24) is 19.3 Å². The standard InChI is InChI=1S/C31H38N4O4/c1-38-29-13-9-26(10-14-29)31(37)34(17-16-32-18-20-39-21-19-32)24-30(36)35(27-11-12-27)23-28-8-5-15-33(28)22-25-6-3-2-4-7-25/h2-10,13-15,27H,11-12,16-24H2,1H3. The Labute approximate surface area is 230 Å². The average molecular weight is 531 g/mol. The molecule has 206 valence electrons. The Hall–Kier alpha value is -3.62. The smallest absolute Gasteiger partial charge is 0.254 e. The van der Waals surface area contributed by atoms with Gasteiger partial charge >= 0.3 is 0 Å². The summed E-state index contributed by atoms with van der Waals surface area (Å²) < 4.78 is 12.9. The van der Waals surface area contributed by atoms with Crippen LogP contribution in [0.1, 0.15) is 34.5 Å². The Morgan fingerprint density at radius 1 is 0.974 bits per heavy atom. The van der Waals surface area contributed by atoms with Crippen LogP contribution < -0.4 is 4.74 Å². The van der Waals surface area contributed by atoms with Gasteiger partial charge in [-0.25, -0.2) is 0 Å². The second-order valence-electron chi connectivity index (χ2n) is 10.3. The zero-order valence-corrected chi connectivity index (χ0v) is 22.7. The molecule has 1 aromatic heterocycles. The molecule has 3 aromatic rings. The number of aromatic nitrogens is 1. The molecule has 5 rings (SSSR count). The predicted octanol–water partition coefficient (Wildman–Crippen LogP) is 3.51. The largest absolute Gasteiger partial charge is 0.497 e. The van der Waals surface area contributed by atoms with Gasteiger partial charge in [0.15, 0.2) is 0 Å². The molecular formula is C31H38N4O4. The third-order valence-electron chi connectivity index (χ3n) is 7.50. The Kier molecular flexibility index (Phi) is 8.96. The Balaban J connectivity index is 1.29. The van der Waals surface area contributed by atoms with Crippen LogP contribution in [0.5, 0.6) is 5.75 Å². The molecular weight excluding hydrogens is 492 g/mol. The molecule has 2 aromatic carbocycles. The van der Waals surface area contributed by atoms with E-state index in [4.69, 9.17) is 9.47 Å². The first-order chi connectivity index (χ1) is 19.1. The zero-order valence-electron chi connectivity index (χ0n) is 22.7. The lowest BCUT2D eigenvalue weighted by Gasteiger charge is -2.31. The summed E-state index contributed by atoms with van der Waals surface area (Å²) >= 11 is 0. The number of ether oxygens (including phenoxy) is 2. The van der Waals surface area contributed by atoms with E-state index in [1.165, 1.54) is 5.56 Å². The van der Waals surface area contributed by atoms with Crippen LogP contribution in [0.2, 0.25) is 0 Å². The summed E-state index contributed by atoms with van der Waals surface area (Å²) in [6.07, 6.45) is 4.08. The second kappa shape index (κ2) is 13.0. The van der Waals surface area contributed by atoms with Gasteiger partial charge in [-0.15, -0.1) is 0 Å². The minimum absolute atomic E-state index is 0.00574. The zero-order chi connectivity index (χ0) is 27.0. The molecule has 1 aliphatic carbocycles. The van der Waals surface area contributed by atoms with E-state index in [1.54, 1.807) is 36.3 Å². The van der Waals surface area contributed by atoms with Gasteiger partial charge in [-0.3, -0.25) is 14.5 Å². The highest BCUT2D eigenvalue weighted by Gasteiger charge is 2.34. The number of morpholine rings is 1. The normalized spacial score (nSPS) is 15.6. The first-order valence-electron chi connectivity index (χ1n) is 13.8. The van der Waals surface area contributed by atoms with E-state index in [0.29, 0.717) is 44.2 Å². The van der Waals surface area contributed by atoms with E-state index in [-0.39, 0.29) is 24.4 Å². The van der Waals surface area contributed by atoms with Crippen LogP contribution >= 0.6 is 0 Å². The number of amides is 2. The number of methoxy groups -OCH3 is 1. The number of hydrogen-bond donors (Lipinski definition) is 0. The van der Waals surface area contributed by atoms with Gasteiger partial charge in [0.2, 0.25) is 5.91 Å². The van der Waals surface area contributed by atoms with Gasteiger partial charge in [0, 0.05) is 56.2 Å². The number of rotatable bonds is 12. The molecule has 39 heavy (non-hydrogen) atoms. The Morgan fingerprint density at radius 2 is 1.72 bits per heavy atom. The van der Waals surface area contributed by atoms with E-state index in [9.17, 15) is 9.59 Å². The fourth-order valence-electron chi connectivity index (χ4n) is 5.02. The molecule has 0 radical (unpaired) electrons. The number of nitrogens with zero attached hydrogens (tertiary/aromatic N) is 4. The summed E-state index contributed by atoms with van der Waals surface area (Å²) in [4.78, 5) is 33.4. The molecule has 8 heteroatoms. The molecule has 1 aliphatic heterocycles. The summed E-state index contributed by atoms with van der Waals surface area (Å²) in [6, 6.07) is 21.8. The summed E-state index contributed by atoms with van der Waals surface area (Å²) in [7, 11) is 1.60. The molecule has 0 unspecified atom stereocenters. The second-order valence-corrected chi connectivity index (χ2v) is 10.3. The quantitative estimate of drug-likeness (QED) is 0.359. The Bertz CT molecular complexity index is 1220. The van der Waals surface area contributed by atoms with Crippen LogP contribution in [0, 0.1) is 0 Å². The van der Waals surface area contributed by atoms with Crippen molar-refractivity contribution in [2.45, 2.75) is 32.0 Å². The average Bonchev–Trinajstić information content (AvgIpc) is 3.74. The predicted molar refractivity (Wildman–Crippen MR) is 150 cm³/mol. The molecule has 8 nitrogen and oxygen atoms in total. The number of carbonyl (C=O) groups excluding carboxylic acids is 2. The maximum Gasteiger partial charge on any atom is 0.254 e. The molecule has 1 saturated carbocycles. The van der Waals surface area contributed by atoms with Gasteiger partial charge in [0.1, 0.15) is 12.3 Å². The molecule has 2 amide bonds. The van der Waals surface area contributed by atoms with Crippen LogP contribution in [0.15, 0.2) is 72.9 Å². The first-order valence-corrected chi connectivity index (χ1v) is 13.8. The lowest BCUT2D eigenvalue weighted by Crippen LogP contribution is -2.47. The van der Waals surface area contributed by atoms with E-state index in [1.807, 2.05) is 29.2 Å². The molecule has 1 saturated heterocycles. The SMILES string of the molecule is COc1ccc(C(=O)N(CCN2CCOCC2)CC(=O)N(Cc2cccn2Cc2ccccc2)C2CC2)cc1. The highest BCUT2D eigenvalue weighted by molar-refractivity contribution is 5.96. The van der Waals surface area contributed by atoms with Crippen molar-refractivity contribution in [1.29, 1.82) is 0 Å². The number of carbonyl (C=O) groups is 2. The van der Waals surface area contributed by atoms with Gasteiger partial charge in [-0.2, -0.15) is 0 Å². The van der Waals surface area contributed by atoms with Gasteiger partial charge in [0.05, 0.1) is 26.9 Å². The highest BCUT2D eigenvalue weighted by Crippen LogP contribution is 2.29. The Morgan fingerprint density at radius 3 is 2.41 bits per heavy atom. The lowest BCUT2D eigenvalue weighted by molar-refractivity contribution is -0.133. The van der Waals surface area contributed by atoms with Crippen molar-refractivity contribution in [3.05, 3.63) is 89.7 Å². The van der Waals surface area contributed by atoms with E-state index in [2.05, 4.69) is 33.9 Å². The first kappa shape index (κ1) is 27.0. The van der Waals surface area contributed by atoms with Crippen molar-refractivity contribution >= 4 is 11.8 Å². The van der Waals surface area contributed by atoms with E-state index < -0.39 is 0 Å². The third-order valence-corrected chi connectivity index (χ3v) is 7.50. The maximum absolute atomic E-state index is 13.8. The topological polar surface area (TPSA) is 67.2 Å². The van der Waals surface area contributed by atoms with E-state index in [0.717, 1.165) is 38.2 Å².